The van der Waals surface area contributed by atoms with Crippen molar-refractivity contribution in [3.05, 3.63) is 59.7 Å². The fourth-order valence-electron chi connectivity index (χ4n) is 1.63. The van der Waals surface area contributed by atoms with E-state index in [0.29, 0.717) is 6.42 Å². The van der Waals surface area contributed by atoms with Crippen molar-refractivity contribution in [2.45, 2.75) is 6.42 Å². The van der Waals surface area contributed by atoms with Crippen LogP contribution in [0.25, 0.3) is 0 Å². The Morgan fingerprint density at radius 2 is 1.37 bits per heavy atom. The van der Waals surface area contributed by atoms with E-state index in [1.54, 1.807) is 36.4 Å². The molecule has 0 saturated heterocycles. The largest absolute Gasteiger partial charge is 0.508 e. The molecule has 0 bridgehead atoms. The van der Waals surface area contributed by atoms with E-state index in [-0.39, 0.29) is 11.5 Å². The van der Waals surface area contributed by atoms with Gasteiger partial charge in [0.15, 0.2) is 0 Å². The van der Waals surface area contributed by atoms with E-state index in [1.807, 2.05) is 0 Å². The normalized spacial score (nSPS) is 11.2. The third-order valence-corrected chi connectivity index (χ3v) is 2.87. The summed E-state index contributed by atoms with van der Waals surface area (Å²) in [6, 6.07) is 13.1. The van der Waals surface area contributed by atoms with Crippen molar-refractivity contribution in [1.29, 1.82) is 0 Å². The Kier molecular flexibility index (Phi) is 3.73. The molecule has 6 heteroatoms. The van der Waals surface area contributed by atoms with Gasteiger partial charge in [0.25, 0.3) is 0 Å². The summed E-state index contributed by atoms with van der Waals surface area (Å²) in [7, 11) is -4.48. The molecule has 0 spiro atoms. The maximum absolute atomic E-state index is 10.5. The molecule has 0 aliphatic carbocycles. The number of rotatable bonds is 4. The SMILES string of the molecule is O=S(=O)(O)Oc1ccc(Cc2ccc(O)cc2)cc1. The third kappa shape index (κ3) is 4.27. The number of phenols is 1. The zero-order valence-corrected chi connectivity index (χ0v) is 10.7. The minimum absolute atomic E-state index is 0.0527. The molecule has 2 rings (SSSR count). The summed E-state index contributed by atoms with van der Waals surface area (Å²) in [4.78, 5) is 0. The van der Waals surface area contributed by atoms with Gasteiger partial charge in [0, 0.05) is 0 Å². The Bertz CT molecular complexity index is 644. The number of aromatic hydroxyl groups is 1. The molecule has 0 heterocycles. The van der Waals surface area contributed by atoms with Crippen molar-refractivity contribution in [2.75, 3.05) is 0 Å². The van der Waals surface area contributed by atoms with Crippen molar-refractivity contribution in [2.24, 2.45) is 0 Å². The fraction of sp³-hybridized carbons (Fsp3) is 0.0769. The standard InChI is InChI=1S/C13H12O5S/c14-12-5-1-10(2-6-12)9-11-3-7-13(8-4-11)18-19(15,16)17/h1-8,14H,9H2,(H,15,16,17). The number of phenolic OH excluding ortho intramolecular Hbond substituents is 1. The quantitative estimate of drug-likeness (QED) is 0.838. The van der Waals surface area contributed by atoms with E-state index in [4.69, 9.17) is 4.55 Å². The smallest absolute Gasteiger partial charge is 0.446 e. The predicted molar refractivity (Wildman–Crippen MR) is 69.5 cm³/mol. The van der Waals surface area contributed by atoms with Crippen LogP contribution in [0.3, 0.4) is 0 Å². The molecule has 2 aromatic rings. The van der Waals surface area contributed by atoms with Crippen LogP contribution in [0.5, 0.6) is 11.5 Å². The van der Waals surface area contributed by atoms with Crippen molar-refractivity contribution >= 4 is 10.4 Å². The van der Waals surface area contributed by atoms with Crippen LogP contribution in [-0.2, 0) is 16.8 Å². The molecule has 0 fully saturated rings. The monoisotopic (exact) mass is 280 g/mol. The number of hydrogen-bond acceptors (Lipinski definition) is 4. The Morgan fingerprint density at radius 1 is 0.895 bits per heavy atom. The molecule has 19 heavy (non-hydrogen) atoms. The fourth-order valence-corrected chi connectivity index (χ4v) is 1.99. The second kappa shape index (κ2) is 5.29. The van der Waals surface area contributed by atoms with Gasteiger partial charge in [-0.2, -0.15) is 8.42 Å². The molecule has 0 amide bonds. The first-order chi connectivity index (χ1) is 8.92. The summed E-state index contributed by atoms with van der Waals surface area (Å²) < 4.78 is 33.9. The van der Waals surface area contributed by atoms with Gasteiger partial charge in [-0.3, -0.25) is 4.55 Å². The predicted octanol–water partition coefficient (Wildman–Crippen LogP) is 2.16. The van der Waals surface area contributed by atoms with Crippen molar-refractivity contribution < 1.29 is 22.3 Å². The summed E-state index contributed by atoms with van der Waals surface area (Å²) in [5.74, 6) is 0.262. The van der Waals surface area contributed by atoms with Crippen molar-refractivity contribution in [3.63, 3.8) is 0 Å². The van der Waals surface area contributed by atoms with Gasteiger partial charge < -0.3 is 9.29 Å². The summed E-state index contributed by atoms with van der Waals surface area (Å²) in [6.07, 6.45) is 0.645. The molecule has 0 aromatic heterocycles. The van der Waals surface area contributed by atoms with Crippen LogP contribution in [0.15, 0.2) is 48.5 Å². The molecule has 100 valence electrons. The third-order valence-electron chi connectivity index (χ3n) is 2.47. The van der Waals surface area contributed by atoms with E-state index in [1.165, 1.54) is 12.1 Å². The summed E-state index contributed by atoms with van der Waals surface area (Å²) >= 11 is 0. The highest BCUT2D eigenvalue weighted by Crippen LogP contribution is 2.17. The van der Waals surface area contributed by atoms with Gasteiger partial charge in [-0.1, -0.05) is 24.3 Å². The zero-order valence-electron chi connectivity index (χ0n) is 9.85. The van der Waals surface area contributed by atoms with Crippen molar-refractivity contribution in [1.82, 2.24) is 0 Å². The number of benzene rings is 2. The van der Waals surface area contributed by atoms with E-state index >= 15 is 0 Å². The lowest BCUT2D eigenvalue weighted by Gasteiger charge is -2.04. The van der Waals surface area contributed by atoms with E-state index in [0.717, 1.165) is 11.1 Å². The van der Waals surface area contributed by atoms with Crippen LogP contribution in [0.2, 0.25) is 0 Å². The summed E-state index contributed by atoms with van der Waals surface area (Å²) in [5, 5.41) is 9.17. The Balaban J connectivity index is 2.08. The van der Waals surface area contributed by atoms with Crippen LogP contribution in [0, 0.1) is 0 Å². The highest BCUT2D eigenvalue weighted by molar-refractivity contribution is 7.81. The molecular weight excluding hydrogens is 268 g/mol. The highest BCUT2D eigenvalue weighted by atomic mass is 32.3. The van der Waals surface area contributed by atoms with E-state index < -0.39 is 10.4 Å². The Morgan fingerprint density at radius 3 is 1.84 bits per heavy atom. The first-order valence-corrected chi connectivity index (χ1v) is 6.83. The van der Waals surface area contributed by atoms with E-state index in [9.17, 15) is 13.5 Å². The average Bonchev–Trinajstić information content (AvgIpc) is 2.33. The van der Waals surface area contributed by atoms with Crippen LogP contribution >= 0.6 is 0 Å². The molecule has 0 atom stereocenters. The van der Waals surface area contributed by atoms with Crippen molar-refractivity contribution in [3.8, 4) is 11.5 Å². The maximum Gasteiger partial charge on any atom is 0.446 e. The molecule has 0 aliphatic rings. The Hall–Kier alpha value is -2.05. The van der Waals surface area contributed by atoms with Gasteiger partial charge in [0.1, 0.15) is 11.5 Å². The first kappa shape index (κ1) is 13.4. The molecule has 0 radical (unpaired) electrons. The van der Waals surface area contributed by atoms with Crippen LogP contribution in [0.4, 0.5) is 0 Å². The summed E-state index contributed by atoms with van der Waals surface area (Å²) in [5.41, 5.74) is 1.97. The minimum Gasteiger partial charge on any atom is -0.508 e. The van der Waals surface area contributed by atoms with Crippen LogP contribution in [0.1, 0.15) is 11.1 Å². The van der Waals surface area contributed by atoms with Gasteiger partial charge in [0.2, 0.25) is 0 Å². The van der Waals surface area contributed by atoms with Gasteiger partial charge in [-0.15, -0.1) is 0 Å². The molecular formula is C13H12O5S. The zero-order chi connectivity index (χ0) is 13.9. The lowest BCUT2D eigenvalue weighted by molar-refractivity contribution is 0.387. The summed E-state index contributed by atoms with van der Waals surface area (Å²) in [6.45, 7) is 0. The molecule has 0 saturated carbocycles. The highest BCUT2D eigenvalue weighted by Gasteiger charge is 2.06. The molecule has 2 aromatic carbocycles. The molecule has 0 unspecified atom stereocenters. The van der Waals surface area contributed by atoms with Gasteiger partial charge in [0.05, 0.1) is 0 Å². The molecule has 2 N–H and O–H groups in total. The average molecular weight is 280 g/mol. The topological polar surface area (TPSA) is 83.8 Å². The van der Waals surface area contributed by atoms with Crippen LogP contribution in [-0.4, -0.2) is 18.1 Å². The van der Waals surface area contributed by atoms with Gasteiger partial charge in [-0.05, 0) is 41.8 Å². The second-order valence-corrected chi connectivity index (χ2v) is 5.02. The van der Waals surface area contributed by atoms with E-state index in [2.05, 4.69) is 4.18 Å². The molecule has 5 nitrogen and oxygen atoms in total. The maximum atomic E-state index is 10.5. The van der Waals surface area contributed by atoms with Gasteiger partial charge in [-0.25, -0.2) is 0 Å². The lowest BCUT2D eigenvalue weighted by atomic mass is 10.1. The Labute approximate surface area is 111 Å². The number of hydrogen-bond donors (Lipinski definition) is 2. The lowest BCUT2D eigenvalue weighted by Crippen LogP contribution is -2.06. The van der Waals surface area contributed by atoms with Gasteiger partial charge >= 0.3 is 10.4 Å². The minimum atomic E-state index is -4.48. The first-order valence-electron chi connectivity index (χ1n) is 5.46. The second-order valence-electron chi connectivity index (χ2n) is 4.00. The van der Waals surface area contributed by atoms with Crippen LogP contribution < -0.4 is 4.18 Å². The molecule has 0 aliphatic heterocycles.